The number of methoxy groups -OCH3 is 2. The highest BCUT2D eigenvalue weighted by molar-refractivity contribution is 6.07. The number of hydrogen-bond acceptors (Lipinski definition) is 4. The number of benzene rings is 2. The average molecular weight is 303 g/mol. The van der Waals surface area contributed by atoms with Crippen LogP contribution in [0, 0.1) is 5.82 Å². The van der Waals surface area contributed by atoms with Crippen LogP contribution in [0.1, 0.15) is 11.1 Å². The second-order valence-electron chi connectivity index (χ2n) is 4.92. The molecule has 3 rings (SSSR count). The molecular weight excluding hydrogens is 289 g/mol. The lowest BCUT2D eigenvalue weighted by atomic mass is 9.87. The van der Waals surface area contributed by atoms with Crippen LogP contribution in [0.3, 0.4) is 0 Å². The Kier molecular flexibility index (Phi) is 3.26. The molecule has 0 fully saturated rings. The Labute approximate surface area is 126 Å². The lowest BCUT2D eigenvalue weighted by Gasteiger charge is -2.22. The minimum atomic E-state index is -1.98. The molecule has 0 unspecified atom stereocenters. The van der Waals surface area contributed by atoms with E-state index < -0.39 is 17.3 Å². The van der Waals surface area contributed by atoms with Crippen LogP contribution < -0.4 is 14.8 Å². The summed E-state index contributed by atoms with van der Waals surface area (Å²) in [6.07, 6.45) is 0. The first kappa shape index (κ1) is 14.3. The van der Waals surface area contributed by atoms with Gasteiger partial charge in [-0.05, 0) is 30.3 Å². The van der Waals surface area contributed by atoms with Gasteiger partial charge in [0.1, 0.15) is 5.82 Å². The molecule has 1 aliphatic heterocycles. The van der Waals surface area contributed by atoms with E-state index in [-0.39, 0.29) is 11.1 Å². The van der Waals surface area contributed by atoms with Gasteiger partial charge in [0.05, 0.1) is 14.2 Å². The Morgan fingerprint density at radius 3 is 2.50 bits per heavy atom. The standard InChI is InChI=1S/C16H14FNO4/c1-21-13-6-3-9(7-14(13)22-2)16(20)11-8-10(17)4-5-12(11)18-15(16)19/h3-8,20H,1-2H3,(H,18,19)/t16-/m0/s1. The second kappa shape index (κ2) is 4.99. The number of amides is 1. The molecule has 2 aromatic rings. The molecule has 0 aliphatic carbocycles. The van der Waals surface area contributed by atoms with E-state index >= 15 is 0 Å². The number of ether oxygens (including phenoxy) is 2. The maximum Gasteiger partial charge on any atom is 0.265 e. The Morgan fingerprint density at radius 2 is 1.82 bits per heavy atom. The van der Waals surface area contributed by atoms with Crippen molar-refractivity contribution in [1.29, 1.82) is 0 Å². The number of nitrogens with one attached hydrogen (secondary N) is 1. The van der Waals surface area contributed by atoms with Gasteiger partial charge in [-0.25, -0.2) is 4.39 Å². The third-order valence-corrected chi connectivity index (χ3v) is 3.75. The lowest BCUT2D eigenvalue weighted by molar-refractivity contribution is -0.129. The summed E-state index contributed by atoms with van der Waals surface area (Å²) in [7, 11) is 2.94. The summed E-state index contributed by atoms with van der Waals surface area (Å²) < 4.78 is 23.8. The topological polar surface area (TPSA) is 67.8 Å². The molecule has 0 saturated heterocycles. The molecule has 0 aromatic heterocycles. The molecule has 1 aliphatic rings. The second-order valence-corrected chi connectivity index (χ2v) is 4.92. The van der Waals surface area contributed by atoms with Crippen LogP contribution in [-0.2, 0) is 10.4 Å². The fourth-order valence-electron chi connectivity index (χ4n) is 2.61. The van der Waals surface area contributed by atoms with Gasteiger partial charge in [-0.2, -0.15) is 0 Å². The number of hydrogen-bond donors (Lipinski definition) is 2. The third-order valence-electron chi connectivity index (χ3n) is 3.75. The van der Waals surface area contributed by atoms with Gasteiger partial charge in [0.2, 0.25) is 0 Å². The number of anilines is 1. The fraction of sp³-hybridized carbons (Fsp3) is 0.188. The van der Waals surface area contributed by atoms with Crippen molar-refractivity contribution in [2.45, 2.75) is 5.60 Å². The van der Waals surface area contributed by atoms with Crippen LogP contribution in [0.15, 0.2) is 36.4 Å². The monoisotopic (exact) mass is 303 g/mol. The molecule has 1 atom stereocenters. The van der Waals surface area contributed by atoms with E-state index in [4.69, 9.17) is 9.47 Å². The van der Waals surface area contributed by atoms with Gasteiger partial charge in [0.15, 0.2) is 17.1 Å². The van der Waals surface area contributed by atoms with E-state index in [2.05, 4.69) is 5.32 Å². The van der Waals surface area contributed by atoms with E-state index in [0.29, 0.717) is 17.2 Å². The van der Waals surface area contributed by atoms with Gasteiger partial charge in [0, 0.05) is 16.8 Å². The lowest BCUT2D eigenvalue weighted by Crippen LogP contribution is -2.35. The normalized spacial score (nSPS) is 19.5. The van der Waals surface area contributed by atoms with Crippen LogP contribution in [0.25, 0.3) is 0 Å². The van der Waals surface area contributed by atoms with Crippen LogP contribution in [0.4, 0.5) is 10.1 Å². The molecule has 2 aromatic carbocycles. The summed E-state index contributed by atoms with van der Waals surface area (Å²) in [5, 5.41) is 13.5. The number of rotatable bonds is 3. The van der Waals surface area contributed by atoms with E-state index in [9.17, 15) is 14.3 Å². The van der Waals surface area contributed by atoms with Gasteiger partial charge in [-0.15, -0.1) is 0 Å². The largest absolute Gasteiger partial charge is 0.493 e. The quantitative estimate of drug-likeness (QED) is 0.910. The molecule has 22 heavy (non-hydrogen) atoms. The first-order chi connectivity index (χ1) is 10.5. The Hall–Kier alpha value is -2.60. The van der Waals surface area contributed by atoms with E-state index in [0.717, 1.165) is 6.07 Å². The number of carbonyl (C=O) groups excluding carboxylic acids is 1. The van der Waals surface area contributed by atoms with Crippen molar-refractivity contribution in [1.82, 2.24) is 0 Å². The first-order valence-corrected chi connectivity index (χ1v) is 6.57. The van der Waals surface area contributed by atoms with E-state index in [1.807, 2.05) is 0 Å². The Morgan fingerprint density at radius 1 is 1.09 bits per heavy atom. The Balaban J connectivity index is 2.19. The molecule has 1 amide bonds. The molecule has 0 radical (unpaired) electrons. The van der Waals surface area contributed by atoms with Crippen molar-refractivity contribution in [3.05, 3.63) is 53.3 Å². The average Bonchev–Trinajstić information content (AvgIpc) is 2.79. The highest BCUT2D eigenvalue weighted by Crippen LogP contribution is 2.43. The highest BCUT2D eigenvalue weighted by atomic mass is 19.1. The minimum Gasteiger partial charge on any atom is -0.493 e. The van der Waals surface area contributed by atoms with Crippen molar-refractivity contribution in [2.75, 3.05) is 19.5 Å². The molecule has 6 heteroatoms. The van der Waals surface area contributed by atoms with Crippen LogP contribution in [-0.4, -0.2) is 25.2 Å². The van der Waals surface area contributed by atoms with Gasteiger partial charge in [0.25, 0.3) is 5.91 Å². The zero-order valence-electron chi connectivity index (χ0n) is 12.0. The molecular formula is C16H14FNO4. The van der Waals surface area contributed by atoms with Crippen molar-refractivity contribution in [3.8, 4) is 11.5 Å². The molecule has 1 heterocycles. The zero-order chi connectivity index (χ0) is 15.9. The maximum atomic E-state index is 13.5. The third kappa shape index (κ3) is 1.92. The van der Waals surface area contributed by atoms with E-state index in [1.54, 1.807) is 12.1 Å². The number of halogens is 1. The molecule has 5 nitrogen and oxygen atoms in total. The molecule has 0 saturated carbocycles. The summed E-state index contributed by atoms with van der Waals surface area (Å²) in [6, 6.07) is 8.40. The van der Waals surface area contributed by atoms with Crippen molar-refractivity contribution < 1.29 is 23.8 Å². The first-order valence-electron chi connectivity index (χ1n) is 6.57. The van der Waals surface area contributed by atoms with Crippen LogP contribution in [0.5, 0.6) is 11.5 Å². The maximum absolute atomic E-state index is 13.5. The molecule has 114 valence electrons. The molecule has 0 spiro atoms. The summed E-state index contributed by atoms with van der Waals surface area (Å²) in [4.78, 5) is 12.3. The minimum absolute atomic E-state index is 0.171. The fourth-order valence-corrected chi connectivity index (χ4v) is 2.61. The summed E-state index contributed by atoms with van der Waals surface area (Å²) in [6.45, 7) is 0. The summed E-state index contributed by atoms with van der Waals surface area (Å²) >= 11 is 0. The van der Waals surface area contributed by atoms with E-state index in [1.165, 1.54) is 32.4 Å². The van der Waals surface area contributed by atoms with Crippen LogP contribution in [0.2, 0.25) is 0 Å². The molecule has 2 N–H and O–H groups in total. The smallest absolute Gasteiger partial charge is 0.265 e. The number of fused-ring (bicyclic) bond motifs is 1. The Bertz CT molecular complexity index is 762. The predicted molar refractivity (Wildman–Crippen MR) is 77.6 cm³/mol. The van der Waals surface area contributed by atoms with Gasteiger partial charge < -0.3 is 19.9 Å². The van der Waals surface area contributed by atoms with Crippen molar-refractivity contribution in [3.63, 3.8) is 0 Å². The van der Waals surface area contributed by atoms with Gasteiger partial charge in [-0.1, -0.05) is 6.07 Å². The van der Waals surface area contributed by atoms with Crippen molar-refractivity contribution in [2.24, 2.45) is 0 Å². The van der Waals surface area contributed by atoms with Gasteiger partial charge >= 0.3 is 0 Å². The van der Waals surface area contributed by atoms with Gasteiger partial charge in [-0.3, -0.25) is 4.79 Å². The molecule has 0 bridgehead atoms. The van der Waals surface area contributed by atoms with Crippen molar-refractivity contribution >= 4 is 11.6 Å². The summed E-state index contributed by atoms with van der Waals surface area (Å²) in [5.41, 5.74) is -1.16. The highest BCUT2D eigenvalue weighted by Gasteiger charge is 2.47. The number of aliphatic hydroxyl groups is 1. The SMILES string of the molecule is COc1ccc([C@@]2(O)C(=O)Nc3ccc(F)cc32)cc1OC. The zero-order valence-corrected chi connectivity index (χ0v) is 12.0. The predicted octanol–water partition coefficient (Wildman–Crippen LogP) is 2.03. The number of carbonyl (C=O) groups is 1. The van der Waals surface area contributed by atoms with Crippen LogP contribution >= 0.6 is 0 Å². The summed E-state index contributed by atoms with van der Waals surface area (Å²) in [5.74, 6) is -0.340.